The first-order chi connectivity index (χ1) is 15.6. The molecule has 0 spiro atoms. The van der Waals surface area contributed by atoms with Gasteiger partial charge in [-0.25, -0.2) is 0 Å². The van der Waals surface area contributed by atoms with Crippen LogP contribution in [-0.4, -0.2) is 42.3 Å². The summed E-state index contributed by atoms with van der Waals surface area (Å²) in [5.74, 6) is 1.71. The molecule has 2 atom stereocenters. The summed E-state index contributed by atoms with van der Waals surface area (Å²) in [6.07, 6.45) is 20.9. The van der Waals surface area contributed by atoms with E-state index in [1.165, 1.54) is 28.5 Å². The normalized spacial score (nSPS) is 22.3. The predicted molar refractivity (Wildman–Crippen MR) is 137 cm³/mol. The largest absolute Gasteiger partial charge is 2.00 e. The van der Waals surface area contributed by atoms with Crippen molar-refractivity contribution in [1.29, 1.82) is 0 Å². The second-order valence-electron chi connectivity index (χ2n) is 8.63. The van der Waals surface area contributed by atoms with Gasteiger partial charge in [0.15, 0.2) is 0 Å². The third-order valence-corrected chi connectivity index (χ3v) is 7.18. The number of rotatable bonds is 8. The minimum absolute atomic E-state index is 0. The third kappa shape index (κ3) is 9.24. The Balaban J connectivity index is 0.000000568. The van der Waals surface area contributed by atoms with Crippen LogP contribution in [0.15, 0.2) is 34.3 Å². The van der Waals surface area contributed by atoms with E-state index in [1.54, 1.807) is 7.11 Å². The maximum absolute atomic E-state index is 5.43. The maximum atomic E-state index is 5.43. The Labute approximate surface area is 218 Å². The van der Waals surface area contributed by atoms with Crippen LogP contribution in [0, 0.1) is 76.5 Å². The number of benzene rings is 1. The molecule has 1 saturated heterocycles. The van der Waals surface area contributed by atoms with Gasteiger partial charge in [-0.05, 0) is 95.6 Å². The quantitative estimate of drug-likeness (QED) is 0.247. The van der Waals surface area contributed by atoms with Gasteiger partial charge in [0, 0.05) is 24.5 Å². The number of aryl methyl sites for hydroxylation is 1. The fourth-order valence-electron chi connectivity index (χ4n) is 3.87. The Bertz CT molecular complexity index is 676. The van der Waals surface area contributed by atoms with Gasteiger partial charge in [0.2, 0.25) is 0 Å². The van der Waals surface area contributed by atoms with Gasteiger partial charge in [0.05, 0.1) is 23.6 Å². The van der Waals surface area contributed by atoms with Gasteiger partial charge < -0.3 is 4.74 Å². The van der Waals surface area contributed by atoms with Crippen LogP contribution in [0.5, 0.6) is 0 Å². The summed E-state index contributed by atoms with van der Waals surface area (Å²) in [7, 11) is 1.78. The van der Waals surface area contributed by atoms with Crippen molar-refractivity contribution in [3.63, 3.8) is 0 Å². The number of hydrogen-bond acceptors (Lipinski definition) is 4. The summed E-state index contributed by atoms with van der Waals surface area (Å²) in [5.41, 5.74) is 2.48. The smallest absolute Gasteiger partial charge is 0.382 e. The van der Waals surface area contributed by atoms with Crippen LogP contribution in [0.2, 0.25) is 0 Å². The monoisotopic (exact) mass is 504 g/mol. The maximum Gasteiger partial charge on any atom is 2.00 e. The van der Waals surface area contributed by atoms with Gasteiger partial charge >= 0.3 is 17.1 Å². The average molecular weight is 505 g/mol. The van der Waals surface area contributed by atoms with Crippen molar-refractivity contribution < 1.29 is 21.8 Å². The minimum atomic E-state index is 0. The van der Waals surface area contributed by atoms with Crippen molar-refractivity contribution in [3.05, 3.63) is 93.5 Å². The molecule has 4 rings (SSSR count). The molecule has 0 unspecified atom stereocenters. The first-order valence-corrected chi connectivity index (χ1v) is 12.4. The summed E-state index contributed by atoms with van der Waals surface area (Å²) >= 11 is 1.92. The molecule has 0 aromatic heterocycles. The first-order valence-electron chi connectivity index (χ1n) is 11.5. The van der Waals surface area contributed by atoms with Crippen molar-refractivity contribution in [2.75, 3.05) is 20.3 Å². The van der Waals surface area contributed by atoms with Crippen LogP contribution in [-0.2, 0) is 21.8 Å². The molecule has 0 bridgehead atoms. The summed E-state index contributed by atoms with van der Waals surface area (Å²) in [6, 6.07) is 9.21. The zero-order valence-electron chi connectivity index (χ0n) is 20.1. The van der Waals surface area contributed by atoms with E-state index >= 15 is 0 Å². The molecule has 2 saturated carbocycles. The summed E-state index contributed by atoms with van der Waals surface area (Å²) in [5, 5.41) is 7.77. The zero-order chi connectivity index (χ0) is 22.8. The molecule has 176 valence electrons. The average Bonchev–Trinajstić information content (AvgIpc) is 3.57. The van der Waals surface area contributed by atoms with E-state index in [9.17, 15) is 0 Å². The molecule has 1 heterocycles. The van der Waals surface area contributed by atoms with Gasteiger partial charge in [-0.2, -0.15) is 5.10 Å². The van der Waals surface area contributed by atoms with E-state index < -0.39 is 0 Å². The standard InChI is InChI=1S/C23H31N2OS.C5H5.Fe/c1-17(2)23(27-21-13-11-18(3)12-14-21)22(19-8-5-6-9-19)24-25-15-7-10-20(25)16-26-4;1-2-4-5-3-1;/h5-6,8-9,11-14,17,20,23H,7,10,15-16H2,1-4H3;1-5H;/q;;+2/b24-22-;;/t20-,23-;;/m0../s1. The molecule has 10 radical (unpaired) electrons. The topological polar surface area (TPSA) is 24.8 Å². The van der Waals surface area contributed by atoms with Crippen molar-refractivity contribution >= 4 is 17.5 Å². The number of thioether (sulfide) groups is 1. The number of hydrogen-bond donors (Lipinski definition) is 0. The van der Waals surface area contributed by atoms with Crippen LogP contribution in [0.25, 0.3) is 0 Å². The van der Waals surface area contributed by atoms with E-state index in [0.717, 1.165) is 19.6 Å². The second-order valence-corrected chi connectivity index (χ2v) is 9.85. The van der Waals surface area contributed by atoms with Crippen molar-refractivity contribution in [3.8, 4) is 0 Å². The number of methoxy groups -OCH3 is 1. The Hall–Kier alpha value is -0.481. The molecular weight excluding hydrogens is 468 g/mol. The predicted octanol–water partition coefficient (Wildman–Crippen LogP) is 6.00. The molecule has 1 aromatic rings. The fraction of sp³-hybridized carbons (Fsp3) is 0.393. The van der Waals surface area contributed by atoms with Gasteiger partial charge in [-0.3, -0.25) is 5.01 Å². The molecule has 1 aromatic carbocycles. The molecule has 3 nitrogen and oxygen atoms in total. The van der Waals surface area contributed by atoms with Crippen molar-refractivity contribution in [2.24, 2.45) is 11.0 Å². The van der Waals surface area contributed by atoms with Crippen LogP contribution < -0.4 is 0 Å². The van der Waals surface area contributed by atoms with E-state index in [2.05, 4.69) is 75.7 Å². The molecular formula is C28H36FeN2OS+2. The Morgan fingerprint density at radius 1 is 1.03 bits per heavy atom. The SMILES string of the molecule is COC[C@@H]1CCCN1/N=C(/[C]1[CH][CH][CH][CH]1)[C@@H](Sc1ccc(C)cc1)C(C)C.[CH]1[CH][CH][CH][CH]1.[Fe+2]. The van der Waals surface area contributed by atoms with Gasteiger partial charge in [-0.15, -0.1) is 11.8 Å². The minimum Gasteiger partial charge on any atom is -0.382 e. The molecule has 5 heteroatoms. The molecule has 33 heavy (non-hydrogen) atoms. The number of hydrazone groups is 1. The molecule has 3 fully saturated rings. The first kappa shape index (κ1) is 28.8. The zero-order valence-corrected chi connectivity index (χ0v) is 22.1. The summed E-state index contributed by atoms with van der Waals surface area (Å²) < 4.78 is 5.43. The van der Waals surface area contributed by atoms with Crippen LogP contribution in [0.1, 0.15) is 32.3 Å². The van der Waals surface area contributed by atoms with Crippen molar-refractivity contribution in [1.82, 2.24) is 5.01 Å². The Morgan fingerprint density at radius 3 is 2.18 bits per heavy atom. The van der Waals surface area contributed by atoms with Gasteiger partial charge in [0.25, 0.3) is 0 Å². The summed E-state index contributed by atoms with van der Waals surface area (Å²) in [4.78, 5) is 1.30. The number of ether oxygens (including phenoxy) is 1. The van der Waals surface area contributed by atoms with Crippen LogP contribution in [0.3, 0.4) is 0 Å². The summed E-state index contributed by atoms with van der Waals surface area (Å²) in [6.45, 7) is 8.48. The molecule has 0 N–H and O–H groups in total. The third-order valence-electron chi connectivity index (χ3n) is 5.61. The van der Waals surface area contributed by atoms with Gasteiger partial charge in [-0.1, -0.05) is 31.5 Å². The van der Waals surface area contributed by atoms with Crippen LogP contribution in [0.4, 0.5) is 0 Å². The van der Waals surface area contributed by atoms with E-state index in [4.69, 9.17) is 9.84 Å². The second kappa shape index (κ2) is 15.5. The Morgan fingerprint density at radius 2 is 1.64 bits per heavy atom. The van der Waals surface area contributed by atoms with Gasteiger partial charge in [0.1, 0.15) is 0 Å². The fourth-order valence-corrected chi connectivity index (χ4v) is 5.02. The molecule has 2 aliphatic carbocycles. The Kier molecular flexibility index (Phi) is 13.5. The molecule has 1 aliphatic heterocycles. The van der Waals surface area contributed by atoms with E-state index in [-0.39, 0.29) is 17.1 Å². The van der Waals surface area contributed by atoms with E-state index in [1.807, 2.05) is 43.9 Å². The van der Waals surface area contributed by atoms with Crippen molar-refractivity contribution in [2.45, 2.75) is 49.8 Å². The van der Waals surface area contributed by atoms with E-state index in [0.29, 0.717) is 17.2 Å². The van der Waals surface area contributed by atoms with Crippen LogP contribution >= 0.6 is 11.8 Å². The molecule has 0 amide bonds. The molecule has 3 aliphatic rings. The number of nitrogens with zero attached hydrogens (tertiary/aromatic N) is 2.